The van der Waals surface area contributed by atoms with E-state index in [4.69, 9.17) is 14.9 Å². The summed E-state index contributed by atoms with van der Waals surface area (Å²) >= 11 is 0. The summed E-state index contributed by atoms with van der Waals surface area (Å²) in [5, 5.41) is 0. The lowest BCUT2D eigenvalue weighted by molar-refractivity contribution is 0.340. The highest BCUT2D eigenvalue weighted by molar-refractivity contribution is 5.76. The molecule has 0 spiro atoms. The normalized spacial score (nSPS) is 11.4. The zero-order valence-electron chi connectivity index (χ0n) is 12.5. The van der Waals surface area contributed by atoms with Crippen LogP contribution in [0.1, 0.15) is 23.9 Å². The summed E-state index contributed by atoms with van der Waals surface area (Å²) in [4.78, 5) is 4.43. The Balaban J connectivity index is 1.79. The smallest absolute Gasteiger partial charge is 0.220 e. The van der Waals surface area contributed by atoms with Crippen LogP contribution in [0, 0.1) is 0 Å². The van der Waals surface area contributed by atoms with Gasteiger partial charge in [-0.25, -0.2) is 4.98 Å². The van der Waals surface area contributed by atoms with E-state index in [1.807, 2.05) is 61.5 Å². The van der Waals surface area contributed by atoms with Crippen molar-refractivity contribution in [2.24, 2.45) is 5.73 Å². The maximum Gasteiger partial charge on any atom is 0.220 e. The molecule has 0 aliphatic rings. The largest absolute Gasteiger partial charge is 0.494 e. The van der Waals surface area contributed by atoms with Gasteiger partial charge in [0, 0.05) is 12.6 Å². The molecule has 2 N–H and O–H groups in total. The van der Waals surface area contributed by atoms with Crippen LogP contribution in [0.25, 0.3) is 23.3 Å². The second-order valence-electron chi connectivity index (χ2n) is 4.89. The van der Waals surface area contributed by atoms with E-state index in [2.05, 4.69) is 4.98 Å². The number of hydrogen-bond acceptors (Lipinski definition) is 4. The van der Waals surface area contributed by atoms with Gasteiger partial charge in [-0.05, 0) is 48.4 Å². The Bertz CT molecular complexity index is 788. The van der Waals surface area contributed by atoms with Crippen LogP contribution >= 0.6 is 0 Å². The molecule has 0 fully saturated rings. The molecule has 3 aromatic rings. The summed E-state index contributed by atoms with van der Waals surface area (Å²) in [6, 6.07) is 13.7. The molecule has 0 unspecified atom stereocenters. The lowest BCUT2D eigenvalue weighted by atomic mass is 10.2. The van der Waals surface area contributed by atoms with Crippen LogP contribution in [-0.2, 0) is 6.54 Å². The maximum absolute atomic E-state index is 5.72. The van der Waals surface area contributed by atoms with Gasteiger partial charge in [0.25, 0.3) is 0 Å². The molecule has 1 aromatic heterocycles. The average molecular weight is 294 g/mol. The van der Waals surface area contributed by atoms with Crippen LogP contribution in [-0.4, -0.2) is 11.6 Å². The molecule has 4 heteroatoms. The van der Waals surface area contributed by atoms with E-state index in [0.717, 1.165) is 28.0 Å². The molecule has 0 radical (unpaired) electrons. The standard InChI is InChI=1S/C18H18N2O2/c1-2-21-15-7-3-13(4-8-15)6-10-18-20-16-9-5-14(12-19)11-17(16)22-18/h3-11H,2,12,19H2,1H3/b10-6-. The van der Waals surface area contributed by atoms with E-state index in [0.29, 0.717) is 19.0 Å². The number of hydrogen-bond donors (Lipinski definition) is 1. The highest BCUT2D eigenvalue weighted by Gasteiger charge is 2.03. The number of fused-ring (bicyclic) bond motifs is 1. The summed E-state index contributed by atoms with van der Waals surface area (Å²) in [5.41, 5.74) is 9.32. The van der Waals surface area contributed by atoms with Gasteiger partial charge >= 0.3 is 0 Å². The summed E-state index contributed by atoms with van der Waals surface area (Å²) in [6.07, 6.45) is 3.82. The number of nitrogens with zero attached hydrogens (tertiary/aromatic N) is 1. The molecule has 0 amide bonds. The van der Waals surface area contributed by atoms with Crippen molar-refractivity contribution in [1.29, 1.82) is 0 Å². The molecule has 2 aromatic carbocycles. The number of oxazole rings is 1. The van der Waals surface area contributed by atoms with Crippen molar-refractivity contribution in [3.8, 4) is 5.75 Å². The fraction of sp³-hybridized carbons (Fsp3) is 0.167. The van der Waals surface area contributed by atoms with Crippen LogP contribution in [0.5, 0.6) is 5.75 Å². The van der Waals surface area contributed by atoms with Crippen LogP contribution in [0.15, 0.2) is 46.9 Å². The van der Waals surface area contributed by atoms with Gasteiger partial charge in [0.05, 0.1) is 6.61 Å². The minimum atomic E-state index is 0.494. The first-order valence-corrected chi connectivity index (χ1v) is 7.29. The third-order valence-electron chi connectivity index (χ3n) is 3.31. The van der Waals surface area contributed by atoms with Crippen molar-refractivity contribution in [3.05, 3.63) is 59.5 Å². The van der Waals surface area contributed by atoms with Crippen LogP contribution in [0.3, 0.4) is 0 Å². The fourth-order valence-electron chi connectivity index (χ4n) is 2.19. The van der Waals surface area contributed by atoms with Gasteiger partial charge < -0.3 is 14.9 Å². The van der Waals surface area contributed by atoms with Crippen molar-refractivity contribution in [2.45, 2.75) is 13.5 Å². The molecule has 0 aliphatic carbocycles. The summed E-state index contributed by atoms with van der Waals surface area (Å²) < 4.78 is 11.1. The van der Waals surface area contributed by atoms with Crippen LogP contribution < -0.4 is 10.5 Å². The first kappa shape index (κ1) is 14.4. The van der Waals surface area contributed by atoms with E-state index in [1.165, 1.54) is 0 Å². The maximum atomic E-state index is 5.72. The van der Waals surface area contributed by atoms with Gasteiger partial charge in [0.15, 0.2) is 5.58 Å². The first-order valence-electron chi connectivity index (χ1n) is 7.29. The second kappa shape index (κ2) is 6.45. The number of nitrogens with two attached hydrogens (primary N) is 1. The molecule has 22 heavy (non-hydrogen) atoms. The molecule has 0 atom stereocenters. The Kier molecular flexibility index (Phi) is 4.21. The molecule has 0 bridgehead atoms. The Morgan fingerprint density at radius 3 is 2.68 bits per heavy atom. The summed E-state index contributed by atoms with van der Waals surface area (Å²) in [7, 11) is 0. The predicted octanol–water partition coefficient (Wildman–Crippen LogP) is 3.86. The van der Waals surface area contributed by atoms with Gasteiger partial charge in [-0.2, -0.15) is 0 Å². The highest BCUT2D eigenvalue weighted by Crippen LogP contribution is 2.19. The monoisotopic (exact) mass is 294 g/mol. The van der Waals surface area contributed by atoms with E-state index in [1.54, 1.807) is 0 Å². The lowest BCUT2D eigenvalue weighted by Gasteiger charge is -2.01. The Morgan fingerprint density at radius 2 is 1.95 bits per heavy atom. The van der Waals surface area contributed by atoms with E-state index in [9.17, 15) is 0 Å². The third-order valence-corrected chi connectivity index (χ3v) is 3.31. The quantitative estimate of drug-likeness (QED) is 0.776. The van der Waals surface area contributed by atoms with Crippen molar-refractivity contribution in [2.75, 3.05) is 6.61 Å². The van der Waals surface area contributed by atoms with Crippen molar-refractivity contribution in [3.63, 3.8) is 0 Å². The number of rotatable bonds is 5. The van der Waals surface area contributed by atoms with Crippen molar-refractivity contribution in [1.82, 2.24) is 4.98 Å². The molecular formula is C18H18N2O2. The fourth-order valence-corrected chi connectivity index (χ4v) is 2.19. The topological polar surface area (TPSA) is 61.3 Å². The van der Waals surface area contributed by atoms with Gasteiger partial charge in [-0.1, -0.05) is 18.2 Å². The van der Waals surface area contributed by atoms with Crippen LogP contribution in [0.2, 0.25) is 0 Å². The Morgan fingerprint density at radius 1 is 1.14 bits per heavy atom. The SMILES string of the molecule is CCOc1ccc(/C=C\c2nc3ccc(CN)cc3o2)cc1. The van der Waals surface area contributed by atoms with E-state index < -0.39 is 0 Å². The average Bonchev–Trinajstić information content (AvgIpc) is 2.96. The van der Waals surface area contributed by atoms with Crippen molar-refractivity contribution < 1.29 is 9.15 Å². The Hall–Kier alpha value is -2.59. The zero-order chi connectivity index (χ0) is 15.4. The summed E-state index contributed by atoms with van der Waals surface area (Å²) in [5.74, 6) is 1.45. The van der Waals surface area contributed by atoms with Crippen LogP contribution in [0.4, 0.5) is 0 Å². The molecule has 3 rings (SSSR count). The van der Waals surface area contributed by atoms with E-state index in [-0.39, 0.29) is 0 Å². The molecule has 112 valence electrons. The van der Waals surface area contributed by atoms with Gasteiger partial charge in [0.2, 0.25) is 5.89 Å². The third kappa shape index (κ3) is 3.18. The van der Waals surface area contributed by atoms with Gasteiger partial charge in [0.1, 0.15) is 11.3 Å². The minimum Gasteiger partial charge on any atom is -0.494 e. The first-order chi connectivity index (χ1) is 10.8. The molecule has 0 saturated carbocycles. The number of ether oxygens (including phenoxy) is 1. The molecule has 0 saturated heterocycles. The molecule has 1 heterocycles. The zero-order valence-corrected chi connectivity index (χ0v) is 12.5. The Labute approximate surface area is 129 Å². The van der Waals surface area contributed by atoms with Gasteiger partial charge in [-0.15, -0.1) is 0 Å². The summed E-state index contributed by atoms with van der Waals surface area (Å²) in [6.45, 7) is 3.13. The van der Waals surface area contributed by atoms with Gasteiger partial charge in [-0.3, -0.25) is 0 Å². The minimum absolute atomic E-state index is 0.494. The lowest BCUT2D eigenvalue weighted by Crippen LogP contribution is -1.94. The predicted molar refractivity (Wildman–Crippen MR) is 88.4 cm³/mol. The van der Waals surface area contributed by atoms with E-state index >= 15 is 0 Å². The number of aromatic nitrogens is 1. The highest BCUT2D eigenvalue weighted by atomic mass is 16.5. The van der Waals surface area contributed by atoms with Crippen molar-refractivity contribution >= 4 is 23.3 Å². The molecular weight excluding hydrogens is 276 g/mol. The number of benzene rings is 2. The molecule has 0 aliphatic heterocycles. The molecule has 4 nitrogen and oxygen atoms in total. The second-order valence-corrected chi connectivity index (χ2v) is 4.89.